The third-order valence-electron chi connectivity index (χ3n) is 3.18. The van der Waals surface area contributed by atoms with Crippen LogP contribution in [0.4, 0.5) is 5.69 Å². The molecule has 0 radical (unpaired) electrons. The molecule has 0 spiro atoms. The Bertz CT molecular complexity index is 529. The molecule has 0 bridgehead atoms. The van der Waals surface area contributed by atoms with Gasteiger partial charge in [0.2, 0.25) is 0 Å². The van der Waals surface area contributed by atoms with E-state index in [1.807, 2.05) is 23.5 Å². The minimum Gasteiger partial charge on any atom is -0.399 e. The average molecular weight is 281 g/mol. The summed E-state index contributed by atoms with van der Waals surface area (Å²) in [6, 6.07) is 8.08. The van der Waals surface area contributed by atoms with E-state index in [1.165, 1.54) is 34.0 Å². The highest BCUT2D eigenvalue weighted by atomic mass is 35.5. The van der Waals surface area contributed by atoms with Gasteiger partial charge in [-0.25, -0.2) is 4.98 Å². The molecule has 1 aromatic carbocycles. The Labute approximate surface area is 118 Å². The molecule has 4 heteroatoms. The number of aromatic nitrogens is 1. The van der Waals surface area contributed by atoms with Crippen LogP contribution in [0.15, 0.2) is 24.3 Å². The number of nitrogens with two attached hydrogens (primary N) is 1. The van der Waals surface area contributed by atoms with Gasteiger partial charge in [0.05, 0.1) is 10.7 Å². The minimum absolute atomic E-state index is 0. The summed E-state index contributed by atoms with van der Waals surface area (Å²) >= 11 is 1.84. The zero-order valence-electron chi connectivity index (χ0n) is 10.3. The molecule has 1 aromatic heterocycles. The molecule has 0 amide bonds. The second-order valence-corrected chi connectivity index (χ2v) is 6.03. The fourth-order valence-corrected chi connectivity index (χ4v) is 3.14. The van der Waals surface area contributed by atoms with E-state index in [9.17, 15) is 0 Å². The summed E-state index contributed by atoms with van der Waals surface area (Å²) in [5, 5.41) is 1.23. The van der Waals surface area contributed by atoms with E-state index in [0.717, 1.165) is 18.0 Å². The standard InChI is InChI=1S/C14H16N2S.ClH/c1-9-14(11-4-5-11)16-13(17-9)8-10-2-6-12(15)7-3-10;/h2-3,6-7,11H,4-5,8,15H2,1H3;1H. The fourth-order valence-electron chi connectivity index (χ4n) is 2.09. The van der Waals surface area contributed by atoms with Crippen molar-refractivity contribution in [3.63, 3.8) is 0 Å². The van der Waals surface area contributed by atoms with Crippen molar-refractivity contribution in [2.75, 3.05) is 5.73 Å². The molecule has 3 rings (SSSR count). The molecule has 1 saturated carbocycles. The Morgan fingerprint density at radius 1 is 1.28 bits per heavy atom. The summed E-state index contributed by atoms with van der Waals surface area (Å²) in [5.41, 5.74) is 9.14. The molecule has 0 saturated heterocycles. The van der Waals surface area contributed by atoms with E-state index in [1.54, 1.807) is 0 Å². The van der Waals surface area contributed by atoms with E-state index in [4.69, 9.17) is 10.7 Å². The number of nitrogen functional groups attached to an aromatic ring is 1. The summed E-state index contributed by atoms with van der Waals surface area (Å²) in [6.45, 7) is 2.19. The maximum absolute atomic E-state index is 5.68. The number of aryl methyl sites for hydroxylation is 1. The molecular formula is C14H17ClN2S. The predicted molar refractivity (Wildman–Crippen MR) is 79.7 cm³/mol. The lowest BCUT2D eigenvalue weighted by Crippen LogP contribution is -1.90. The first-order valence-electron chi connectivity index (χ1n) is 6.03. The summed E-state index contributed by atoms with van der Waals surface area (Å²) in [4.78, 5) is 6.18. The molecule has 1 aliphatic carbocycles. The molecule has 96 valence electrons. The van der Waals surface area contributed by atoms with Crippen LogP contribution in [0.2, 0.25) is 0 Å². The Kier molecular flexibility index (Phi) is 3.93. The first-order chi connectivity index (χ1) is 8.22. The number of halogens is 1. The zero-order chi connectivity index (χ0) is 11.8. The molecule has 18 heavy (non-hydrogen) atoms. The molecule has 2 aromatic rings. The van der Waals surface area contributed by atoms with Crippen LogP contribution in [0.5, 0.6) is 0 Å². The Morgan fingerprint density at radius 3 is 2.56 bits per heavy atom. The minimum atomic E-state index is 0. The Balaban J connectivity index is 0.00000120. The van der Waals surface area contributed by atoms with Crippen molar-refractivity contribution in [3.05, 3.63) is 45.4 Å². The van der Waals surface area contributed by atoms with Gasteiger partial charge in [-0.3, -0.25) is 0 Å². The maximum Gasteiger partial charge on any atom is 0.0974 e. The van der Waals surface area contributed by atoms with Gasteiger partial charge in [0.15, 0.2) is 0 Å². The van der Waals surface area contributed by atoms with Crippen LogP contribution in [0.1, 0.15) is 39.9 Å². The Hall–Kier alpha value is -1.06. The van der Waals surface area contributed by atoms with Crippen molar-refractivity contribution < 1.29 is 0 Å². The monoisotopic (exact) mass is 280 g/mol. The van der Waals surface area contributed by atoms with Crippen LogP contribution in [-0.4, -0.2) is 4.98 Å². The predicted octanol–water partition coefficient (Wildman–Crippen LogP) is 3.92. The van der Waals surface area contributed by atoms with Gasteiger partial charge in [0, 0.05) is 22.9 Å². The molecular weight excluding hydrogens is 264 g/mol. The van der Waals surface area contributed by atoms with Crippen LogP contribution in [0.25, 0.3) is 0 Å². The number of hydrogen-bond acceptors (Lipinski definition) is 3. The quantitative estimate of drug-likeness (QED) is 0.866. The summed E-state index contributed by atoms with van der Waals surface area (Å²) in [7, 11) is 0. The van der Waals surface area contributed by atoms with Crippen molar-refractivity contribution >= 4 is 29.4 Å². The Morgan fingerprint density at radius 2 is 1.94 bits per heavy atom. The van der Waals surface area contributed by atoms with Crippen LogP contribution < -0.4 is 5.73 Å². The van der Waals surface area contributed by atoms with Crippen molar-refractivity contribution in [3.8, 4) is 0 Å². The van der Waals surface area contributed by atoms with Gasteiger partial charge in [-0.1, -0.05) is 12.1 Å². The largest absolute Gasteiger partial charge is 0.399 e. The number of rotatable bonds is 3. The van der Waals surface area contributed by atoms with Crippen LogP contribution in [0, 0.1) is 6.92 Å². The number of benzene rings is 1. The average Bonchev–Trinajstić information content (AvgIpc) is 3.08. The third kappa shape index (κ3) is 2.85. The molecule has 0 atom stereocenters. The number of thiazole rings is 1. The zero-order valence-corrected chi connectivity index (χ0v) is 12.0. The van der Waals surface area contributed by atoms with Gasteiger partial charge in [0.1, 0.15) is 0 Å². The molecule has 2 N–H and O–H groups in total. The normalized spacial score (nSPS) is 14.3. The maximum atomic E-state index is 5.68. The van der Waals surface area contributed by atoms with E-state index in [2.05, 4.69) is 19.1 Å². The van der Waals surface area contributed by atoms with E-state index < -0.39 is 0 Å². The van der Waals surface area contributed by atoms with Gasteiger partial charge < -0.3 is 5.73 Å². The lowest BCUT2D eigenvalue weighted by Gasteiger charge is -1.98. The second kappa shape index (κ2) is 5.29. The highest BCUT2D eigenvalue weighted by Crippen LogP contribution is 2.42. The second-order valence-electron chi connectivity index (χ2n) is 4.74. The fraction of sp³-hybridized carbons (Fsp3) is 0.357. The highest BCUT2D eigenvalue weighted by Gasteiger charge is 2.28. The number of nitrogens with zero attached hydrogens (tertiary/aromatic N) is 1. The number of hydrogen-bond donors (Lipinski definition) is 1. The smallest absolute Gasteiger partial charge is 0.0974 e. The van der Waals surface area contributed by atoms with Gasteiger partial charge >= 0.3 is 0 Å². The molecule has 1 aliphatic rings. The lowest BCUT2D eigenvalue weighted by atomic mass is 10.1. The van der Waals surface area contributed by atoms with Crippen molar-refractivity contribution in [2.45, 2.75) is 32.1 Å². The lowest BCUT2D eigenvalue weighted by molar-refractivity contribution is 0.995. The van der Waals surface area contributed by atoms with Crippen LogP contribution in [-0.2, 0) is 6.42 Å². The summed E-state index contributed by atoms with van der Waals surface area (Å²) in [6.07, 6.45) is 3.58. The van der Waals surface area contributed by atoms with E-state index in [-0.39, 0.29) is 12.4 Å². The molecule has 2 nitrogen and oxygen atoms in total. The molecule has 0 aliphatic heterocycles. The van der Waals surface area contributed by atoms with E-state index in [0.29, 0.717) is 0 Å². The molecule has 0 unspecified atom stereocenters. The molecule has 1 fully saturated rings. The van der Waals surface area contributed by atoms with Gasteiger partial charge in [0.25, 0.3) is 0 Å². The summed E-state index contributed by atoms with van der Waals surface area (Å²) < 4.78 is 0. The van der Waals surface area contributed by atoms with Crippen molar-refractivity contribution in [1.29, 1.82) is 0 Å². The summed E-state index contributed by atoms with van der Waals surface area (Å²) in [5.74, 6) is 0.756. The first-order valence-corrected chi connectivity index (χ1v) is 6.84. The number of anilines is 1. The van der Waals surface area contributed by atoms with Crippen LogP contribution in [0.3, 0.4) is 0 Å². The van der Waals surface area contributed by atoms with Crippen LogP contribution >= 0.6 is 23.7 Å². The molecule has 1 heterocycles. The van der Waals surface area contributed by atoms with Crippen molar-refractivity contribution in [2.24, 2.45) is 0 Å². The first kappa shape index (κ1) is 13.4. The topological polar surface area (TPSA) is 38.9 Å². The highest BCUT2D eigenvalue weighted by molar-refractivity contribution is 7.11. The van der Waals surface area contributed by atoms with Crippen molar-refractivity contribution in [1.82, 2.24) is 4.98 Å². The third-order valence-corrected chi connectivity index (χ3v) is 4.16. The SMILES string of the molecule is Cc1sc(Cc2ccc(N)cc2)nc1C1CC1.Cl. The van der Waals surface area contributed by atoms with Gasteiger partial charge in [-0.15, -0.1) is 23.7 Å². The van der Waals surface area contributed by atoms with Gasteiger partial charge in [-0.2, -0.15) is 0 Å². The van der Waals surface area contributed by atoms with Gasteiger partial charge in [-0.05, 0) is 37.5 Å². The van der Waals surface area contributed by atoms with E-state index >= 15 is 0 Å².